The van der Waals surface area contributed by atoms with Gasteiger partial charge in [0.15, 0.2) is 0 Å². The number of anilines is 1. The van der Waals surface area contributed by atoms with Crippen molar-refractivity contribution in [3.63, 3.8) is 0 Å². The summed E-state index contributed by atoms with van der Waals surface area (Å²) >= 11 is 0. The number of fused-ring (bicyclic) bond motifs is 2. The minimum atomic E-state index is 0.00499. The zero-order valence-electron chi connectivity index (χ0n) is 18.5. The first-order valence-electron chi connectivity index (χ1n) is 11.1. The molecule has 1 amide bonds. The average Bonchev–Trinajstić information content (AvgIpc) is 3.23. The minimum absolute atomic E-state index is 0.00499. The van der Waals surface area contributed by atoms with Crippen LogP contribution in [-0.4, -0.2) is 23.0 Å². The molecule has 0 saturated carbocycles. The molecule has 0 unspecified atom stereocenters. The van der Waals surface area contributed by atoms with E-state index in [2.05, 4.69) is 40.6 Å². The van der Waals surface area contributed by atoms with E-state index in [0.29, 0.717) is 6.42 Å². The van der Waals surface area contributed by atoms with Crippen molar-refractivity contribution in [3.05, 3.63) is 90.5 Å². The molecule has 0 fully saturated rings. The molecule has 5 nitrogen and oxygen atoms in total. The molecular formula is C28H25N3O2. The summed E-state index contributed by atoms with van der Waals surface area (Å²) in [6.45, 7) is 0. The second-order valence-corrected chi connectivity index (χ2v) is 8.04. The van der Waals surface area contributed by atoms with Crippen molar-refractivity contribution in [1.29, 1.82) is 0 Å². The number of aromatic nitrogens is 2. The van der Waals surface area contributed by atoms with Crippen LogP contribution < -0.4 is 10.1 Å². The van der Waals surface area contributed by atoms with Gasteiger partial charge in [0.05, 0.1) is 24.0 Å². The fraction of sp³-hybridized carbons (Fsp3) is 0.143. The Hall–Kier alpha value is -4.12. The van der Waals surface area contributed by atoms with Crippen LogP contribution in [0.1, 0.15) is 18.4 Å². The highest BCUT2D eigenvalue weighted by Crippen LogP contribution is 2.31. The molecule has 0 aliphatic carbocycles. The predicted octanol–water partition coefficient (Wildman–Crippen LogP) is 6.35. The van der Waals surface area contributed by atoms with Gasteiger partial charge in [0, 0.05) is 28.4 Å². The molecule has 5 rings (SSSR count). The van der Waals surface area contributed by atoms with E-state index in [4.69, 9.17) is 9.72 Å². The number of hydrogen-bond acceptors (Lipinski definition) is 3. The summed E-state index contributed by atoms with van der Waals surface area (Å²) in [6.07, 6.45) is 1.96. The van der Waals surface area contributed by atoms with Gasteiger partial charge < -0.3 is 15.0 Å². The van der Waals surface area contributed by atoms with E-state index in [9.17, 15) is 4.79 Å². The van der Waals surface area contributed by atoms with Crippen LogP contribution in [0.3, 0.4) is 0 Å². The Labute approximate surface area is 192 Å². The first kappa shape index (κ1) is 20.8. The lowest BCUT2D eigenvalue weighted by Gasteiger charge is -2.08. The zero-order valence-corrected chi connectivity index (χ0v) is 18.5. The van der Waals surface area contributed by atoms with E-state index in [1.807, 2.05) is 54.6 Å². The lowest BCUT2D eigenvalue weighted by Crippen LogP contribution is -2.11. The molecular weight excluding hydrogens is 410 g/mol. The predicted molar refractivity (Wildman–Crippen MR) is 134 cm³/mol. The lowest BCUT2D eigenvalue weighted by atomic mass is 10.0. The number of nitrogens with zero attached hydrogens (tertiary/aromatic N) is 1. The van der Waals surface area contributed by atoms with Crippen molar-refractivity contribution in [1.82, 2.24) is 9.97 Å². The average molecular weight is 436 g/mol. The SMILES string of the molecule is COc1ccc(NC(=O)CCCc2c(-c3ccc4ccccc4n3)[nH]c3ccccc23)cc1. The third kappa shape index (κ3) is 4.44. The first-order valence-corrected chi connectivity index (χ1v) is 11.1. The second-order valence-electron chi connectivity index (χ2n) is 8.04. The van der Waals surface area contributed by atoms with Gasteiger partial charge in [0.1, 0.15) is 5.75 Å². The smallest absolute Gasteiger partial charge is 0.224 e. The largest absolute Gasteiger partial charge is 0.497 e. The number of hydrogen-bond donors (Lipinski definition) is 2. The third-order valence-electron chi connectivity index (χ3n) is 5.87. The van der Waals surface area contributed by atoms with Crippen molar-refractivity contribution in [2.75, 3.05) is 12.4 Å². The van der Waals surface area contributed by atoms with Gasteiger partial charge in [-0.05, 0) is 60.9 Å². The molecule has 0 saturated heterocycles. The third-order valence-corrected chi connectivity index (χ3v) is 5.87. The molecule has 2 N–H and O–H groups in total. The molecule has 0 aliphatic heterocycles. The number of pyridine rings is 1. The Morgan fingerprint density at radius 2 is 1.73 bits per heavy atom. The number of aromatic amines is 1. The molecule has 33 heavy (non-hydrogen) atoms. The van der Waals surface area contributed by atoms with E-state index < -0.39 is 0 Å². The maximum atomic E-state index is 12.5. The van der Waals surface area contributed by atoms with Gasteiger partial charge in [-0.1, -0.05) is 42.5 Å². The molecule has 0 aliphatic rings. The fourth-order valence-electron chi connectivity index (χ4n) is 4.21. The van der Waals surface area contributed by atoms with Crippen LogP contribution in [0.25, 0.3) is 33.2 Å². The number of H-pyrrole nitrogens is 1. The Balaban J connectivity index is 1.35. The number of benzene rings is 3. The maximum absolute atomic E-state index is 12.5. The highest BCUT2D eigenvalue weighted by Gasteiger charge is 2.15. The topological polar surface area (TPSA) is 67.0 Å². The van der Waals surface area contributed by atoms with Crippen molar-refractivity contribution in [3.8, 4) is 17.1 Å². The van der Waals surface area contributed by atoms with Crippen LogP contribution in [-0.2, 0) is 11.2 Å². The number of aryl methyl sites for hydroxylation is 1. The van der Waals surface area contributed by atoms with Gasteiger partial charge in [-0.2, -0.15) is 0 Å². The van der Waals surface area contributed by atoms with E-state index in [1.54, 1.807) is 7.11 Å². The van der Waals surface area contributed by atoms with Crippen LogP contribution in [0, 0.1) is 0 Å². The van der Waals surface area contributed by atoms with Crippen LogP contribution >= 0.6 is 0 Å². The minimum Gasteiger partial charge on any atom is -0.497 e. The Morgan fingerprint density at radius 3 is 2.58 bits per heavy atom. The summed E-state index contributed by atoms with van der Waals surface area (Å²) < 4.78 is 5.17. The van der Waals surface area contributed by atoms with Gasteiger partial charge in [-0.3, -0.25) is 4.79 Å². The summed E-state index contributed by atoms with van der Waals surface area (Å²) in [4.78, 5) is 21.0. The Bertz CT molecular complexity index is 1420. The molecule has 0 atom stereocenters. The van der Waals surface area contributed by atoms with E-state index in [1.165, 1.54) is 10.9 Å². The number of nitrogens with one attached hydrogen (secondary N) is 2. The van der Waals surface area contributed by atoms with E-state index in [-0.39, 0.29) is 5.91 Å². The molecule has 0 bridgehead atoms. The number of ether oxygens (including phenoxy) is 1. The van der Waals surface area contributed by atoms with Crippen LogP contribution in [0.15, 0.2) is 84.9 Å². The van der Waals surface area contributed by atoms with Gasteiger partial charge >= 0.3 is 0 Å². The van der Waals surface area contributed by atoms with Crippen LogP contribution in [0.4, 0.5) is 5.69 Å². The number of carbonyl (C=O) groups excluding carboxylic acids is 1. The molecule has 5 heteroatoms. The van der Waals surface area contributed by atoms with Gasteiger partial charge in [0.2, 0.25) is 5.91 Å². The molecule has 0 radical (unpaired) electrons. The first-order chi connectivity index (χ1) is 16.2. The van der Waals surface area contributed by atoms with Crippen molar-refractivity contribution in [2.45, 2.75) is 19.3 Å². The summed E-state index contributed by atoms with van der Waals surface area (Å²) in [5, 5.41) is 5.26. The van der Waals surface area contributed by atoms with Gasteiger partial charge in [-0.25, -0.2) is 4.98 Å². The van der Waals surface area contributed by atoms with Crippen molar-refractivity contribution in [2.24, 2.45) is 0 Å². The summed E-state index contributed by atoms with van der Waals surface area (Å²) in [6, 6.07) is 28.0. The van der Waals surface area contributed by atoms with Crippen molar-refractivity contribution < 1.29 is 9.53 Å². The molecule has 2 aromatic heterocycles. The number of rotatable bonds is 7. The Morgan fingerprint density at radius 1 is 0.939 bits per heavy atom. The fourth-order valence-corrected chi connectivity index (χ4v) is 4.21. The summed E-state index contributed by atoms with van der Waals surface area (Å²) in [5.41, 5.74) is 5.97. The molecule has 5 aromatic rings. The van der Waals surface area contributed by atoms with E-state index >= 15 is 0 Å². The highest BCUT2D eigenvalue weighted by atomic mass is 16.5. The number of para-hydroxylation sites is 2. The second kappa shape index (κ2) is 9.17. The Kier molecular flexibility index (Phi) is 5.77. The lowest BCUT2D eigenvalue weighted by molar-refractivity contribution is -0.116. The van der Waals surface area contributed by atoms with Gasteiger partial charge in [0.25, 0.3) is 0 Å². The summed E-state index contributed by atoms with van der Waals surface area (Å²) in [5.74, 6) is 0.771. The molecule has 2 heterocycles. The van der Waals surface area contributed by atoms with Crippen molar-refractivity contribution >= 4 is 33.4 Å². The monoisotopic (exact) mass is 435 g/mol. The number of carbonyl (C=O) groups is 1. The van der Waals surface area contributed by atoms with Crippen LogP contribution in [0.2, 0.25) is 0 Å². The highest BCUT2D eigenvalue weighted by molar-refractivity contribution is 5.92. The normalized spacial score (nSPS) is 11.1. The van der Waals surface area contributed by atoms with Crippen LogP contribution in [0.5, 0.6) is 5.75 Å². The number of amides is 1. The molecule has 164 valence electrons. The quantitative estimate of drug-likeness (QED) is 0.313. The van der Waals surface area contributed by atoms with E-state index in [0.717, 1.165) is 52.1 Å². The number of methoxy groups -OCH3 is 1. The van der Waals surface area contributed by atoms with Gasteiger partial charge in [-0.15, -0.1) is 0 Å². The molecule has 3 aromatic carbocycles. The zero-order chi connectivity index (χ0) is 22.6. The standard InChI is InChI=1S/C28H25N3O2/c1-33-21-16-14-20(15-17-21)29-27(32)12-6-9-23-22-8-3-5-11-25(22)31-28(23)26-18-13-19-7-2-4-10-24(19)30-26/h2-5,7-8,10-11,13-18,31H,6,9,12H2,1H3,(H,29,32). The summed E-state index contributed by atoms with van der Waals surface area (Å²) in [7, 11) is 1.62. The maximum Gasteiger partial charge on any atom is 0.224 e. The molecule has 0 spiro atoms.